The van der Waals surface area contributed by atoms with E-state index in [9.17, 15) is 4.79 Å². The molecule has 0 saturated carbocycles. The molecule has 0 atom stereocenters. The van der Waals surface area contributed by atoms with Gasteiger partial charge < -0.3 is 0 Å². The number of fused-ring (bicyclic) bond motifs is 1. The standard InChI is InChI=1S/C15H14N4OS2/c1-10-6-7-11(22-10)8-16-19-14(20)9-21-15-17-12-4-2-3-5-13(12)18-15/h2-8H,9H2,1H3,(H,17,18)(H,19,20)/p+1. The van der Waals surface area contributed by atoms with Crippen molar-refractivity contribution in [3.05, 3.63) is 46.2 Å². The van der Waals surface area contributed by atoms with E-state index >= 15 is 0 Å². The summed E-state index contributed by atoms with van der Waals surface area (Å²) in [6.45, 7) is 2.04. The van der Waals surface area contributed by atoms with Crippen molar-refractivity contribution in [2.24, 2.45) is 5.10 Å². The highest BCUT2D eigenvalue weighted by atomic mass is 32.2. The highest BCUT2D eigenvalue weighted by Gasteiger charge is 2.11. The maximum Gasteiger partial charge on any atom is 0.315 e. The third-order valence-corrected chi connectivity index (χ3v) is 4.75. The van der Waals surface area contributed by atoms with Gasteiger partial charge in [0.15, 0.2) is 11.0 Å². The van der Waals surface area contributed by atoms with Crippen molar-refractivity contribution in [2.45, 2.75) is 12.1 Å². The zero-order valence-corrected chi connectivity index (χ0v) is 13.6. The highest BCUT2D eigenvalue weighted by Crippen LogP contribution is 2.15. The molecule has 3 aromatic rings. The summed E-state index contributed by atoms with van der Waals surface area (Å²) in [6.07, 6.45) is 1.66. The number of carbonyl (C=O) groups excluding carboxylic acids is 1. The molecule has 0 spiro atoms. The third-order valence-electron chi connectivity index (χ3n) is 2.91. The summed E-state index contributed by atoms with van der Waals surface area (Å²) in [7, 11) is 0. The van der Waals surface area contributed by atoms with Crippen LogP contribution >= 0.6 is 23.1 Å². The lowest BCUT2D eigenvalue weighted by molar-refractivity contribution is -0.396. The van der Waals surface area contributed by atoms with Crippen LogP contribution in [0.1, 0.15) is 9.75 Å². The van der Waals surface area contributed by atoms with Crippen LogP contribution in [0.2, 0.25) is 0 Å². The maximum absolute atomic E-state index is 11.8. The second-order valence-corrected chi connectivity index (χ2v) is 6.96. The molecule has 0 fully saturated rings. The number of H-pyrrole nitrogens is 2. The van der Waals surface area contributed by atoms with E-state index in [0.29, 0.717) is 5.75 Å². The summed E-state index contributed by atoms with van der Waals surface area (Å²) in [4.78, 5) is 20.5. The number of aryl methyl sites for hydroxylation is 1. The van der Waals surface area contributed by atoms with E-state index in [-0.39, 0.29) is 5.91 Å². The van der Waals surface area contributed by atoms with Crippen LogP contribution in [0.3, 0.4) is 0 Å². The summed E-state index contributed by atoms with van der Waals surface area (Å²) in [5.74, 6) is 0.158. The van der Waals surface area contributed by atoms with Crippen molar-refractivity contribution in [3.63, 3.8) is 0 Å². The Morgan fingerprint density at radius 1 is 1.41 bits per heavy atom. The first-order chi connectivity index (χ1) is 10.7. The molecule has 7 heteroatoms. The molecule has 1 aromatic carbocycles. The largest absolute Gasteiger partial charge is 0.315 e. The molecule has 0 radical (unpaired) electrons. The molecule has 0 aliphatic heterocycles. The quantitative estimate of drug-likeness (QED) is 0.428. The van der Waals surface area contributed by atoms with E-state index in [2.05, 4.69) is 20.5 Å². The van der Waals surface area contributed by atoms with Crippen LogP contribution in [0.4, 0.5) is 0 Å². The second-order valence-electron chi connectivity index (χ2n) is 4.65. The first-order valence-corrected chi connectivity index (χ1v) is 8.52. The number of benzene rings is 1. The molecule has 2 aromatic heterocycles. The van der Waals surface area contributed by atoms with Crippen LogP contribution < -0.4 is 10.4 Å². The van der Waals surface area contributed by atoms with E-state index < -0.39 is 0 Å². The lowest BCUT2D eigenvalue weighted by Crippen LogP contribution is -2.20. The molecule has 0 saturated heterocycles. The van der Waals surface area contributed by atoms with E-state index in [0.717, 1.165) is 21.1 Å². The minimum atomic E-state index is -0.137. The summed E-state index contributed by atoms with van der Waals surface area (Å²) in [5, 5.41) is 4.82. The SMILES string of the molecule is Cc1ccc(C=NNC(=O)CSc2[nH]c3ccccc3[nH+]2)s1. The summed E-state index contributed by atoms with van der Waals surface area (Å²) < 4.78 is 0. The number of para-hydroxylation sites is 2. The maximum atomic E-state index is 11.8. The summed E-state index contributed by atoms with van der Waals surface area (Å²) in [6, 6.07) is 11.9. The monoisotopic (exact) mass is 331 g/mol. The highest BCUT2D eigenvalue weighted by molar-refractivity contribution is 7.99. The minimum Gasteiger partial charge on any atom is -0.272 e. The van der Waals surface area contributed by atoms with Crippen LogP contribution in [0.5, 0.6) is 0 Å². The zero-order chi connectivity index (χ0) is 15.4. The lowest BCUT2D eigenvalue weighted by atomic mass is 10.3. The molecule has 3 rings (SSSR count). The van der Waals surface area contributed by atoms with Crippen LogP contribution in [-0.4, -0.2) is 22.9 Å². The number of nitrogens with zero attached hydrogens (tertiary/aromatic N) is 1. The number of imidazole rings is 1. The van der Waals surface area contributed by atoms with E-state index in [1.165, 1.54) is 16.6 Å². The lowest BCUT2D eigenvalue weighted by Gasteiger charge is -1.95. The molecule has 112 valence electrons. The van der Waals surface area contributed by atoms with Gasteiger partial charge in [-0.3, -0.25) is 4.79 Å². The Kier molecular flexibility index (Phi) is 4.55. The Bertz CT molecular complexity index is 789. The van der Waals surface area contributed by atoms with Gasteiger partial charge in [0.1, 0.15) is 0 Å². The average molecular weight is 331 g/mol. The molecular formula is C15H15N4OS2+. The number of amides is 1. The summed E-state index contributed by atoms with van der Waals surface area (Å²) in [5.41, 5.74) is 4.58. The Morgan fingerprint density at radius 2 is 2.27 bits per heavy atom. The number of thioether (sulfide) groups is 1. The number of hydrogen-bond acceptors (Lipinski definition) is 4. The van der Waals surface area contributed by atoms with Crippen molar-refractivity contribution < 1.29 is 9.78 Å². The predicted molar refractivity (Wildman–Crippen MR) is 90.4 cm³/mol. The van der Waals surface area contributed by atoms with Gasteiger partial charge >= 0.3 is 5.16 Å². The van der Waals surface area contributed by atoms with E-state index in [1.807, 2.05) is 43.3 Å². The van der Waals surface area contributed by atoms with Crippen molar-refractivity contribution in [1.82, 2.24) is 10.4 Å². The van der Waals surface area contributed by atoms with Crippen molar-refractivity contribution in [2.75, 3.05) is 5.75 Å². The molecule has 2 heterocycles. The van der Waals surface area contributed by atoms with E-state index in [4.69, 9.17) is 0 Å². The summed E-state index contributed by atoms with van der Waals surface area (Å²) >= 11 is 3.05. The molecule has 22 heavy (non-hydrogen) atoms. The molecule has 5 nitrogen and oxygen atoms in total. The van der Waals surface area contributed by atoms with Gasteiger partial charge in [0, 0.05) is 9.75 Å². The fourth-order valence-electron chi connectivity index (χ4n) is 1.91. The number of aromatic nitrogens is 2. The molecule has 0 aliphatic rings. The molecule has 3 N–H and O–H groups in total. The van der Waals surface area contributed by atoms with Gasteiger partial charge in [-0.05, 0) is 43.0 Å². The first kappa shape index (κ1) is 14.8. The predicted octanol–water partition coefficient (Wildman–Crippen LogP) is 2.59. The van der Waals surface area contributed by atoms with E-state index in [1.54, 1.807) is 17.6 Å². The zero-order valence-electron chi connectivity index (χ0n) is 11.9. The Labute approximate surface area is 135 Å². The van der Waals surface area contributed by atoms with Crippen molar-refractivity contribution in [3.8, 4) is 0 Å². The van der Waals surface area contributed by atoms with Crippen LogP contribution in [0.15, 0.2) is 46.7 Å². The number of aromatic amines is 2. The molecule has 0 bridgehead atoms. The topological polar surface area (TPSA) is 71.4 Å². The van der Waals surface area contributed by atoms with Gasteiger partial charge in [0.05, 0.1) is 12.0 Å². The molecular weight excluding hydrogens is 316 g/mol. The second kappa shape index (κ2) is 6.76. The number of thiophene rings is 1. The number of carbonyl (C=O) groups is 1. The van der Waals surface area contributed by atoms with Gasteiger partial charge in [0.25, 0.3) is 5.91 Å². The van der Waals surface area contributed by atoms with Gasteiger partial charge in [-0.2, -0.15) is 5.10 Å². The fourth-order valence-corrected chi connectivity index (χ4v) is 3.36. The molecule has 1 amide bonds. The van der Waals surface area contributed by atoms with Crippen molar-refractivity contribution in [1.29, 1.82) is 0 Å². The normalized spacial score (nSPS) is 11.3. The third kappa shape index (κ3) is 3.75. The smallest absolute Gasteiger partial charge is 0.272 e. The van der Waals surface area contributed by atoms with Gasteiger partial charge in [-0.25, -0.2) is 15.4 Å². The van der Waals surface area contributed by atoms with Gasteiger partial charge in [0.2, 0.25) is 0 Å². The Balaban J connectivity index is 1.50. The average Bonchev–Trinajstić information content (AvgIpc) is 3.11. The number of nitrogens with one attached hydrogen (secondary N) is 3. The van der Waals surface area contributed by atoms with Crippen molar-refractivity contribution >= 4 is 46.3 Å². The van der Waals surface area contributed by atoms with Crippen LogP contribution in [0.25, 0.3) is 11.0 Å². The first-order valence-electron chi connectivity index (χ1n) is 6.72. The van der Waals surface area contributed by atoms with Gasteiger partial charge in [-0.15, -0.1) is 11.3 Å². The molecule has 0 unspecified atom stereocenters. The Morgan fingerprint density at radius 3 is 3.05 bits per heavy atom. The van der Waals surface area contributed by atoms with Gasteiger partial charge in [-0.1, -0.05) is 12.1 Å². The number of rotatable bonds is 5. The minimum absolute atomic E-state index is 0.137. The van der Waals surface area contributed by atoms with Crippen LogP contribution in [-0.2, 0) is 4.79 Å². The number of hydrazone groups is 1. The fraction of sp³-hybridized carbons (Fsp3) is 0.133. The number of hydrogen-bond donors (Lipinski definition) is 2. The Hall–Kier alpha value is -2.12. The van der Waals surface area contributed by atoms with Crippen LogP contribution in [0, 0.1) is 6.92 Å². The molecule has 0 aliphatic carbocycles.